The van der Waals surface area contributed by atoms with Gasteiger partial charge in [0, 0.05) is 12.6 Å². The van der Waals surface area contributed by atoms with Crippen molar-refractivity contribution < 1.29 is 14.1 Å². The van der Waals surface area contributed by atoms with Gasteiger partial charge in [-0.15, -0.1) is 0 Å². The Kier molecular flexibility index (Phi) is 5.40. The number of nitrogens with one attached hydrogen (secondary N) is 2. The zero-order valence-electron chi connectivity index (χ0n) is 13.6. The molecule has 1 aliphatic heterocycles. The van der Waals surface area contributed by atoms with E-state index >= 15 is 0 Å². The summed E-state index contributed by atoms with van der Waals surface area (Å²) in [6, 6.07) is 10.8. The number of rotatable bonds is 6. The number of aromatic nitrogens is 1. The first kappa shape index (κ1) is 16.4. The normalized spacial score (nSPS) is 15.6. The van der Waals surface area contributed by atoms with Crippen molar-refractivity contribution in [2.24, 2.45) is 0 Å². The second kappa shape index (κ2) is 7.90. The molecule has 2 N–H and O–H groups in total. The van der Waals surface area contributed by atoms with Gasteiger partial charge in [0.1, 0.15) is 11.8 Å². The van der Waals surface area contributed by atoms with Gasteiger partial charge in [-0.25, -0.2) is 0 Å². The van der Waals surface area contributed by atoms with Crippen LogP contribution in [0.15, 0.2) is 52.6 Å². The maximum Gasteiger partial charge on any atom is 0.247 e. The quantitative estimate of drug-likeness (QED) is 0.798. The first-order chi connectivity index (χ1) is 11.7. The molecule has 0 saturated carbocycles. The van der Waals surface area contributed by atoms with Crippen LogP contribution < -0.4 is 10.6 Å². The number of benzene rings is 1. The molecule has 2 aromatic rings. The van der Waals surface area contributed by atoms with Gasteiger partial charge >= 0.3 is 0 Å². The van der Waals surface area contributed by atoms with Gasteiger partial charge in [-0.05, 0) is 24.5 Å². The van der Waals surface area contributed by atoms with Crippen LogP contribution in [0.1, 0.15) is 23.8 Å². The number of anilines is 1. The average molecular weight is 327 g/mol. The Bertz CT molecular complexity index is 709. The first-order valence-electron chi connectivity index (χ1n) is 8.00. The number of hydrogen-bond acceptors (Lipinski definition) is 5. The molecule has 24 heavy (non-hydrogen) atoms. The fourth-order valence-electron chi connectivity index (χ4n) is 2.60. The van der Waals surface area contributed by atoms with Crippen LogP contribution >= 0.6 is 0 Å². The molecule has 1 aromatic carbocycles. The maximum atomic E-state index is 12.7. The van der Waals surface area contributed by atoms with Gasteiger partial charge in [0.15, 0.2) is 5.82 Å². The van der Waals surface area contributed by atoms with Gasteiger partial charge in [0.25, 0.3) is 0 Å². The minimum absolute atomic E-state index is 0.174. The highest BCUT2D eigenvalue weighted by Gasteiger charge is 2.21. The molecule has 1 atom stereocenters. The minimum atomic E-state index is -0.481. The lowest BCUT2D eigenvalue weighted by molar-refractivity contribution is -0.118. The second-order valence-corrected chi connectivity index (χ2v) is 5.74. The fraction of sp³-hybridized carbons (Fsp3) is 0.333. The van der Waals surface area contributed by atoms with Gasteiger partial charge in [0.05, 0.1) is 13.2 Å². The lowest BCUT2D eigenvalue weighted by Crippen LogP contribution is -2.35. The van der Waals surface area contributed by atoms with Crippen LogP contribution in [-0.4, -0.2) is 30.8 Å². The molecule has 1 aliphatic rings. The van der Waals surface area contributed by atoms with Gasteiger partial charge < -0.3 is 14.6 Å². The van der Waals surface area contributed by atoms with Crippen molar-refractivity contribution in [3.8, 4) is 0 Å². The molecule has 1 aromatic heterocycles. The number of ether oxygens (including phenoxy) is 1. The van der Waals surface area contributed by atoms with Crippen molar-refractivity contribution in [3.05, 3.63) is 59.4 Å². The molecule has 0 bridgehead atoms. The third-order valence-corrected chi connectivity index (χ3v) is 3.79. The molecule has 6 heteroatoms. The Labute approximate surface area is 140 Å². The summed E-state index contributed by atoms with van der Waals surface area (Å²) < 4.78 is 10.4. The number of carbonyl (C=O) groups excluding carboxylic acids is 1. The predicted molar refractivity (Wildman–Crippen MR) is 90.6 cm³/mol. The highest BCUT2D eigenvalue weighted by atomic mass is 16.5. The van der Waals surface area contributed by atoms with E-state index in [1.807, 2.05) is 30.3 Å². The number of carbonyl (C=O) groups is 1. The number of amides is 1. The molecule has 6 nitrogen and oxygen atoms in total. The number of hydrogen-bond donors (Lipinski definition) is 2. The third kappa shape index (κ3) is 4.31. The van der Waals surface area contributed by atoms with E-state index in [9.17, 15) is 4.79 Å². The molecule has 0 spiro atoms. The Hall–Kier alpha value is -2.44. The molecule has 0 saturated heterocycles. The Morgan fingerprint density at radius 2 is 2.17 bits per heavy atom. The summed E-state index contributed by atoms with van der Waals surface area (Å²) in [7, 11) is 0. The molecule has 2 heterocycles. The van der Waals surface area contributed by atoms with Crippen LogP contribution in [0.25, 0.3) is 0 Å². The second-order valence-electron chi connectivity index (χ2n) is 5.74. The summed E-state index contributed by atoms with van der Waals surface area (Å²) in [5.41, 5.74) is 2.06. The van der Waals surface area contributed by atoms with Crippen LogP contribution in [0, 0.1) is 6.92 Å². The summed E-state index contributed by atoms with van der Waals surface area (Å²) in [6.07, 6.45) is 3.08. The van der Waals surface area contributed by atoms with Crippen molar-refractivity contribution in [3.63, 3.8) is 0 Å². The number of aryl methyl sites for hydroxylation is 1. The summed E-state index contributed by atoms with van der Waals surface area (Å²) in [5.74, 6) is 0.895. The highest BCUT2D eigenvalue weighted by Crippen LogP contribution is 2.17. The molecular weight excluding hydrogens is 306 g/mol. The van der Waals surface area contributed by atoms with E-state index in [4.69, 9.17) is 9.26 Å². The molecule has 0 radical (unpaired) electrons. The van der Waals surface area contributed by atoms with E-state index < -0.39 is 6.04 Å². The molecule has 0 aliphatic carbocycles. The predicted octanol–water partition coefficient (Wildman–Crippen LogP) is 2.60. The van der Waals surface area contributed by atoms with E-state index in [1.54, 1.807) is 13.0 Å². The van der Waals surface area contributed by atoms with Gasteiger partial charge in [-0.3, -0.25) is 10.1 Å². The summed E-state index contributed by atoms with van der Waals surface area (Å²) in [6.45, 7) is 3.76. The van der Waals surface area contributed by atoms with Crippen LogP contribution in [0.2, 0.25) is 0 Å². The molecule has 126 valence electrons. The SMILES string of the molecule is Cc1cc(NC(=O)C(NCC2=CCCOC2)c2ccccc2)no1. The molecule has 0 fully saturated rings. The topological polar surface area (TPSA) is 76.4 Å². The standard InChI is InChI=1S/C18H21N3O3/c1-13-10-16(21-24-13)20-18(22)17(15-7-3-2-4-8-15)19-11-14-6-5-9-23-12-14/h2-4,6-8,10,17,19H,5,9,11-12H2,1H3,(H,20,21,22). The monoisotopic (exact) mass is 327 g/mol. The smallest absolute Gasteiger partial charge is 0.247 e. The Balaban J connectivity index is 1.71. The van der Waals surface area contributed by atoms with Crippen molar-refractivity contribution in [1.82, 2.24) is 10.5 Å². The molecule has 1 amide bonds. The van der Waals surface area contributed by atoms with Gasteiger partial charge in [-0.1, -0.05) is 41.6 Å². The van der Waals surface area contributed by atoms with Gasteiger partial charge in [0.2, 0.25) is 5.91 Å². The van der Waals surface area contributed by atoms with Crippen molar-refractivity contribution >= 4 is 11.7 Å². The third-order valence-electron chi connectivity index (χ3n) is 3.79. The lowest BCUT2D eigenvalue weighted by atomic mass is 10.1. The average Bonchev–Trinajstić information content (AvgIpc) is 3.02. The minimum Gasteiger partial charge on any atom is -0.377 e. The summed E-state index contributed by atoms with van der Waals surface area (Å²) in [4.78, 5) is 12.7. The largest absolute Gasteiger partial charge is 0.377 e. The van der Waals surface area contributed by atoms with Crippen LogP contribution in [-0.2, 0) is 9.53 Å². The molecular formula is C18H21N3O3. The lowest BCUT2D eigenvalue weighted by Gasteiger charge is -2.20. The van der Waals surface area contributed by atoms with E-state index in [2.05, 4.69) is 21.9 Å². The van der Waals surface area contributed by atoms with Crippen LogP contribution in [0.3, 0.4) is 0 Å². The van der Waals surface area contributed by atoms with Gasteiger partial charge in [-0.2, -0.15) is 0 Å². The number of nitrogens with zero attached hydrogens (tertiary/aromatic N) is 1. The zero-order valence-corrected chi connectivity index (χ0v) is 13.6. The van der Waals surface area contributed by atoms with E-state index in [-0.39, 0.29) is 5.91 Å². The zero-order chi connectivity index (χ0) is 16.8. The van der Waals surface area contributed by atoms with Crippen molar-refractivity contribution in [1.29, 1.82) is 0 Å². The highest BCUT2D eigenvalue weighted by molar-refractivity contribution is 5.94. The van der Waals surface area contributed by atoms with Crippen molar-refractivity contribution in [2.75, 3.05) is 25.1 Å². The molecule has 1 unspecified atom stereocenters. The Morgan fingerprint density at radius 1 is 1.33 bits per heavy atom. The van der Waals surface area contributed by atoms with Crippen molar-refractivity contribution in [2.45, 2.75) is 19.4 Å². The van der Waals surface area contributed by atoms with E-state index in [1.165, 1.54) is 0 Å². The Morgan fingerprint density at radius 3 is 2.83 bits per heavy atom. The maximum absolute atomic E-state index is 12.7. The van der Waals surface area contributed by atoms with E-state index in [0.29, 0.717) is 24.7 Å². The fourth-order valence-corrected chi connectivity index (χ4v) is 2.60. The summed E-state index contributed by atoms with van der Waals surface area (Å²) in [5, 5.41) is 9.92. The first-order valence-corrected chi connectivity index (χ1v) is 8.00. The van der Waals surface area contributed by atoms with Crippen LogP contribution in [0.4, 0.5) is 5.82 Å². The molecule has 3 rings (SSSR count). The van der Waals surface area contributed by atoms with E-state index in [0.717, 1.165) is 24.2 Å². The van der Waals surface area contributed by atoms with Crippen LogP contribution in [0.5, 0.6) is 0 Å². The summed E-state index contributed by atoms with van der Waals surface area (Å²) >= 11 is 0.